The Morgan fingerprint density at radius 1 is 1.24 bits per heavy atom. The first-order chi connectivity index (χ1) is 10.1. The summed E-state index contributed by atoms with van der Waals surface area (Å²) in [5.74, 6) is 0.979. The lowest BCUT2D eigenvalue weighted by Crippen LogP contribution is -2.35. The first-order valence-corrected chi connectivity index (χ1v) is 8.08. The molecule has 3 nitrogen and oxygen atoms in total. The Bertz CT molecular complexity index is 445. The van der Waals surface area contributed by atoms with E-state index in [0.717, 1.165) is 12.3 Å². The molecule has 0 aliphatic carbocycles. The van der Waals surface area contributed by atoms with Gasteiger partial charge >= 0.3 is 0 Å². The van der Waals surface area contributed by atoms with E-state index in [1.807, 2.05) is 19.2 Å². The van der Waals surface area contributed by atoms with Crippen molar-refractivity contribution < 1.29 is 4.74 Å². The Hall–Kier alpha value is -1.06. The summed E-state index contributed by atoms with van der Waals surface area (Å²) >= 11 is 0. The van der Waals surface area contributed by atoms with Crippen LogP contribution in [0.3, 0.4) is 0 Å². The highest BCUT2D eigenvalue weighted by molar-refractivity contribution is 5.36. The molecule has 21 heavy (non-hydrogen) atoms. The van der Waals surface area contributed by atoms with Crippen molar-refractivity contribution in [2.24, 2.45) is 5.41 Å². The van der Waals surface area contributed by atoms with Crippen molar-refractivity contribution in [1.29, 1.82) is 0 Å². The zero-order chi connectivity index (χ0) is 15.3. The molecule has 1 aliphatic rings. The predicted octanol–water partition coefficient (Wildman–Crippen LogP) is 3.47. The smallest absolute Gasteiger partial charge is 0.123 e. The van der Waals surface area contributed by atoms with E-state index >= 15 is 0 Å². The van der Waals surface area contributed by atoms with Crippen LogP contribution in [0, 0.1) is 5.41 Å². The molecule has 0 spiro atoms. The molecule has 0 bridgehead atoms. The van der Waals surface area contributed by atoms with E-state index < -0.39 is 0 Å². The fraction of sp³-hybridized carbons (Fsp3) is 0.667. The van der Waals surface area contributed by atoms with Crippen LogP contribution in [-0.4, -0.2) is 38.7 Å². The minimum Gasteiger partial charge on any atom is -0.496 e. The van der Waals surface area contributed by atoms with E-state index in [1.165, 1.54) is 37.9 Å². The van der Waals surface area contributed by atoms with Crippen LogP contribution in [0.1, 0.15) is 44.7 Å². The molecule has 1 aliphatic heterocycles. The van der Waals surface area contributed by atoms with Crippen molar-refractivity contribution in [3.63, 3.8) is 0 Å². The number of nitrogens with one attached hydrogen (secondary N) is 1. The molecule has 1 fully saturated rings. The summed E-state index contributed by atoms with van der Waals surface area (Å²) in [5, 5.41) is 3.46. The van der Waals surface area contributed by atoms with Crippen LogP contribution >= 0.6 is 0 Å². The Labute approximate surface area is 129 Å². The Kier molecular flexibility index (Phi) is 5.65. The van der Waals surface area contributed by atoms with E-state index in [1.54, 1.807) is 7.11 Å². The SMILES string of the molecule is CNC(CN1CCCC(C)(C)CC1)c1ccccc1OC. The van der Waals surface area contributed by atoms with Crippen LogP contribution in [-0.2, 0) is 0 Å². The van der Waals surface area contributed by atoms with Crippen LogP contribution < -0.4 is 10.1 Å². The maximum Gasteiger partial charge on any atom is 0.123 e. The zero-order valence-corrected chi connectivity index (χ0v) is 14.0. The zero-order valence-electron chi connectivity index (χ0n) is 14.0. The van der Waals surface area contributed by atoms with Gasteiger partial charge in [0.25, 0.3) is 0 Å². The Morgan fingerprint density at radius 2 is 2.00 bits per heavy atom. The summed E-state index contributed by atoms with van der Waals surface area (Å²) < 4.78 is 5.52. The number of rotatable bonds is 5. The van der Waals surface area contributed by atoms with Gasteiger partial charge in [-0.05, 0) is 50.9 Å². The van der Waals surface area contributed by atoms with Crippen molar-refractivity contribution in [3.05, 3.63) is 29.8 Å². The van der Waals surface area contributed by atoms with Crippen molar-refractivity contribution in [1.82, 2.24) is 10.2 Å². The summed E-state index contributed by atoms with van der Waals surface area (Å²) in [6.45, 7) is 8.24. The van der Waals surface area contributed by atoms with E-state index in [2.05, 4.69) is 36.2 Å². The molecule has 118 valence electrons. The molecule has 1 unspecified atom stereocenters. The van der Waals surface area contributed by atoms with Gasteiger partial charge < -0.3 is 15.0 Å². The second-order valence-corrected chi connectivity index (χ2v) is 6.90. The number of hydrogen-bond donors (Lipinski definition) is 1. The van der Waals surface area contributed by atoms with Crippen molar-refractivity contribution >= 4 is 0 Å². The van der Waals surface area contributed by atoms with E-state index in [4.69, 9.17) is 4.74 Å². The molecule has 1 aromatic carbocycles. The quantitative estimate of drug-likeness (QED) is 0.898. The predicted molar refractivity (Wildman–Crippen MR) is 88.9 cm³/mol. The number of likely N-dealkylation sites (tertiary alicyclic amines) is 1. The van der Waals surface area contributed by atoms with Gasteiger partial charge in [-0.25, -0.2) is 0 Å². The Balaban J connectivity index is 2.05. The maximum absolute atomic E-state index is 5.52. The van der Waals surface area contributed by atoms with Crippen molar-refractivity contribution in [2.75, 3.05) is 33.8 Å². The van der Waals surface area contributed by atoms with Gasteiger partial charge in [0.1, 0.15) is 5.75 Å². The van der Waals surface area contributed by atoms with Gasteiger partial charge in [-0.15, -0.1) is 0 Å². The van der Waals surface area contributed by atoms with Crippen LogP contribution in [0.25, 0.3) is 0 Å². The third-order valence-electron chi connectivity index (χ3n) is 4.74. The minimum atomic E-state index is 0.322. The molecule has 0 aromatic heterocycles. The third kappa shape index (κ3) is 4.45. The summed E-state index contributed by atoms with van der Waals surface area (Å²) in [6, 6.07) is 8.66. The highest BCUT2D eigenvalue weighted by Gasteiger charge is 2.25. The highest BCUT2D eigenvalue weighted by Crippen LogP contribution is 2.31. The molecular weight excluding hydrogens is 260 g/mol. The number of nitrogens with zero attached hydrogens (tertiary/aromatic N) is 1. The topological polar surface area (TPSA) is 24.5 Å². The second-order valence-electron chi connectivity index (χ2n) is 6.90. The van der Waals surface area contributed by atoms with Crippen LogP contribution in [0.5, 0.6) is 5.75 Å². The number of ether oxygens (including phenoxy) is 1. The summed E-state index contributed by atoms with van der Waals surface area (Å²) in [7, 11) is 3.79. The van der Waals surface area contributed by atoms with Gasteiger partial charge in [0, 0.05) is 18.2 Å². The second kappa shape index (κ2) is 7.28. The lowest BCUT2D eigenvalue weighted by atomic mass is 9.85. The number of hydrogen-bond acceptors (Lipinski definition) is 3. The molecular formula is C18H30N2O. The average molecular weight is 290 g/mol. The standard InChI is InChI=1S/C18H30N2O/c1-18(2)10-7-12-20(13-11-18)14-16(19-3)15-8-5-6-9-17(15)21-4/h5-6,8-9,16,19H,7,10-14H2,1-4H3. The van der Waals surface area contributed by atoms with Gasteiger partial charge in [-0.1, -0.05) is 32.0 Å². The van der Waals surface area contributed by atoms with Gasteiger partial charge in [0.15, 0.2) is 0 Å². The fourth-order valence-corrected chi connectivity index (χ4v) is 3.22. The molecule has 0 saturated carbocycles. The van der Waals surface area contributed by atoms with Crippen LogP contribution in [0.2, 0.25) is 0 Å². The number of likely N-dealkylation sites (N-methyl/N-ethyl adjacent to an activating group) is 1. The third-order valence-corrected chi connectivity index (χ3v) is 4.74. The lowest BCUT2D eigenvalue weighted by molar-refractivity contribution is 0.239. The number of methoxy groups -OCH3 is 1. The van der Waals surface area contributed by atoms with Gasteiger partial charge in [-0.2, -0.15) is 0 Å². The van der Waals surface area contributed by atoms with Crippen molar-refractivity contribution in [3.8, 4) is 5.75 Å². The van der Waals surface area contributed by atoms with Crippen molar-refractivity contribution in [2.45, 2.75) is 39.2 Å². The fourth-order valence-electron chi connectivity index (χ4n) is 3.22. The summed E-state index contributed by atoms with van der Waals surface area (Å²) in [6.07, 6.45) is 3.92. The molecule has 3 heteroatoms. The van der Waals surface area contributed by atoms with E-state index in [-0.39, 0.29) is 0 Å². The van der Waals surface area contributed by atoms with Gasteiger partial charge in [0.05, 0.1) is 7.11 Å². The van der Waals surface area contributed by atoms with Crippen LogP contribution in [0.15, 0.2) is 24.3 Å². The molecule has 2 rings (SSSR count). The normalized spacial score (nSPS) is 20.8. The highest BCUT2D eigenvalue weighted by atomic mass is 16.5. The largest absolute Gasteiger partial charge is 0.496 e. The summed E-state index contributed by atoms with van der Waals surface area (Å²) in [5.41, 5.74) is 1.75. The lowest BCUT2D eigenvalue weighted by Gasteiger charge is -2.28. The molecule has 0 amide bonds. The molecule has 1 atom stereocenters. The molecule has 1 heterocycles. The Morgan fingerprint density at radius 3 is 2.71 bits per heavy atom. The molecule has 1 N–H and O–H groups in total. The number of para-hydroxylation sites is 1. The average Bonchev–Trinajstić information content (AvgIpc) is 2.65. The van der Waals surface area contributed by atoms with E-state index in [0.29, 0.717) is 11.5 Å². The molecule has 0 radical (unpaired) electrons. The van der Waals surface area contributed by atoms with Crippen LogP contribution in [0.4, 0.5) is 0 Å². The van der Waals surface area contributed by atoms with E-state index in [9.17, 15) is 0 Å². The monoisotopic (exact) mass is 290 g/mol. The molecule has 1 saturated heterocycles. The summed E-state index contributed by atoms with van der Waals surface area (Å²) in [4.78, 5) is 2.60. The number of benzene rings is 1. The van der Waals surface area contributed by atoms with Gasteiger partial charge in [0.2, 0.25) is 0 Å². The maximum atomic E-state index is 5.52. The first kappa shape index (κ1) is 16.3. The minimum absolute atomic E-state index is 0.322. The van der Waals surface area contributed by atoms with Gasteiger partial charge in [-0.3, -0.25) is 0 Å². The molecule has 1 aromatic rings. The first-order valence-electron chi connectivity index (χ1n) is 8.08.